The van der Waals surface area contributed by atoms with Gasteiger partial charge in [0.1, 0.15) is 5.69 Å². The van der Waals surface area contributed by atoms with E-state index in [9.17, 15) is 9.59 Å². The van der Waals surface area contributed by atoms with E-state index in [4.69, 9.17) is 0 Å². The van der Waals surface area contributed by atoms with E-state index in [-0.39, 0.29) is 23.9 Å². The number of aryl methyl sites for hydroxylation is 1. The molecule has 1 heterocycles. The van der Waals surface area contributed by atoms with Crippen molar-refractivity contribution < 1.29 is 4.79 Å². The van der Waals surface area contributed by atoms with Gasteiger partial charge in [-0.1, -0.05) is 49.6 Å². The number of nitrogens with one attached hydrogen (secondary N) is 2. The van der Waals surface area contributed by atoms with Crippen LogP contribution in [-0.2, 0) is 11.2 Å². The summed E-state index contributed by atoms with van der Waals surface area (Å²) in [7, 11) is 0. The Morgan fingerprint density at radius 3 is 2.58 bits per heavy atom. The van der Waals surface area contributed by atoms with E-state index in [0.717, 1.165) is 18.4 Å². The number of aromatic nitrogens is 3. The number of nitrogens with zero attached hydrogens (tertiary/aromatic N) is 2. The van der Waals surface area contributed by atoms with Crippen molar-refractivity contribution in [1.29, 1.82) is 0 Å². The normalized spacial score (nSPS) is 15.2. The molecular weight excluding hydrogens is 304 g/mol. The molecule has 2 N–H and O–H groups in total. The minimum Gasteiger partial charge on any atom is -0.353 e. The minimum atomic E-state index is -0.283. The zero-order chi connectivity index (χ0) is 16.8. The van der Waals surface area contributed by atoms with E-state index < -0.39 is 0 Å². The Balaban J connectivity index is 1.57. The second-order valence-electron chi connectivity index (χ2n) is 6.22. The van der Waals surface area contributed by atoms with Gasteiger partial charge in [-0.3, -0.25) is 9.59 Å². The lowest BCUT2D eigenvalue weighted by molar-refractivity contribution is -0.122. The van der Waals surface area contributed by atoms with Crippen LogP contribution >= 0.6 is 0 Å². The van der Waals surface area contributed by atoms with Gasteiger partial charge in [0.05, 0.1) is 0 Å². The van der Waals surface area contributed by atoms with Gasteiger partial charge in [-0.15, -0.1) is 10.2 Å². The fourth-order valence-electron chi connectivity index (χ4n) is 3.03. The smallest absolute Gasteiger partial charge is 0.273 e. The Hall–Kier alpha value is -2.50. The lowest BCUT2D eigenvalue weighted by Gasteiger charge is -2.22. The molecule has 1 amide bonds. The van der Waals surface area contributed by atoms with Crippen LogP contribution in [0.3, 0.4) is 0 Å². The van der Waals surface area contributed by atoms with Gasteiger partial charge in [0.15, 0.2) is 5.82 Å². The van der Waals surface area contributed by atoms with Gasteiger partial charge < -0.3 is 10.3 Å². The lowest BCUT2D eigenvalue weighted by atomic mass is 9.95. The van der Waals surface area contributed by atoms with Crippen molar-refractivity contribution in [2.45, 2.75) is 51.0 Å². The summed E-state index contributed by atoms with van der Waals surface area (Å²) >= 11 is 0. The zero-order valence-corrected chi connectivity index (χ0v) is 13.6. The molecule has 0 spiro atoms. The van der Waals surface area contributed by atoms with Crippen LogP contribution in [0.25, 0.3) is 11.4 Å². The van der Waals surface area contributed by atoms with Crippen molar-refractivity contribution in [2.75, 3.05) is 0 Å². The molecule has 2 aromatic rings. The van der Waals surface area contributed by atoms with E-state index in [1.165, 1.54) is 19.3 Å². The second kappa shape index (κ2) is 7.86. The molecule has 1 aliphatic carbocycles. The largest absolute Gasteiger partial charge is 0.353 e. The highest BCUT2D eigenvalue weighted by Crippen LogP contribution is 2.17. The maximum atomic E-state index is 12.1. The monoisotopic (exact) mass is 326 g/mol. The van der Waals surface area contributed by atoms with E-state index in [0.29, 0.717) is 17.9 Å². The molecule has 6 heteroatoms. The SMILES string of the molecule is O=C(CCc1nnc(-c2ccccc2)[nH]c1=O)NC1CCCCC1. The first kappa shape index (κ1) is 16.4. The molecule has 1 aromatic heterocycles. The number of carbonyl (C=O) groups excluding carboxylic acids is 1. The molecule has 0 unspecified atom stereocenters. The maximum absolute atomic E-state index is 12.1. The Kier molecular flexibility index (Phi) is 5.36. The number of carbonyl (C=O) groups is 1. The quantitative estimate of drug-likeness (QED) is 0.882. The first-order valence-corrected chi connectivity index (χ1v) is 8.53. The maximum Gasteiger partial charge on any atom is 0.273 e. The molecule has 0 atom stereocenters. The van der Waals surface area contributed by atoms with Gasteiger partial charge in [0, 0.05) is 24.4 Å². The molecule has 24 heavy (non-hydrogen) atoms. The van der Waals surface area contributed by atoms with Crippen molar-refractivity contribution in [3.05, 3.63) is 46.4 Å². The average molecular weight is 326 g/mol. The van der Waals surface area contributed by atoms with Crippen molar-refractivity contribution >= 4 is 5.91 Å². The van der Waals surface area contributed by atoms with Gasteiger partial charge in [-0.25, -0.2) is 0 Å². The first-order chi connectivity index (χ1) is 11.7. The summed E-state index contributed by atoms with van der Waals surface area (Å²) in [4.78, 5) is 26.9. The third-order valence-electron chi connectivity index (χ3n) is 4.37. The van der Waals surface area contributed by atoms with Crippen molar-refractivity contribution in [1.82, 2.24) is 20.5 Å². The number of aromatic amines is 1. The Bertz CT molecular complexity index is 736. The molecule has 0 bridgehead atoms. The summed E-state index contributed by atoms with van der Waals surface area (Å²) in [5.74, 6) is 0.422. The van der Waals surface area contributed by atoms with Crippen molar-refractivity contribution in [2.24, 2.45) is 0 Å². The zero-order valence-electron chi connectivity index (χ0n) is 13.6. The predicted octanol–water partition coefficient (Wildman–Crippen LogP) is 2.21. The number of H-pyrrole nitrogens is 1. The van der Waals surface area contributed by atoms with E-state index >= 15 is 0 Å². The Morgan fingerprint density at radius 1 is 1.12 bits per heavy atom. The molecule has 3 rings (SSSR count). The summed E-state index contributed by atoms with van der Waals surface area (Å²) in [6.07, 6.45) is 6.28. The summed E-state index contributed by atoms with van der Waals surface area (Å²) in [6.45, 7) is 0. The van der Waals surface area contributed by atoms with E-state index in [2.05, 4.69) is 20.5 Å². The molecule has 0 radical (unpaired) electrons. The summed E-state index contributed by atoms with van der Waals surface area (Å²) in [5, 5.41) is 11.1. The van der Waals surface area contributed by atoms with Crippen LogP contribution in [0, 0.1) is 0 Å². The third-order valence-corrected chi connectivity index (χ3v) is 4.37. The highest BCUT2D eigenvalue weighted by atomic mass is 16.1. The van der Waals surface area contributed by atoms with E-state index in [1.54, 1.807) is 0 Å². The summed E-state index contributed by atoms with van der Waals surface area (Å²) in [6, 6.07) is 9.65. The molecule has 0 aliphatic heterocycles. The fourth-order valence-corrected chi connectivity index (χ4v) is 3.03. The number of benzene rings is 1. The molecule has 1 saturated carbocycles. The van der Waals surface area contributed by atoms with Crippen LogP contribution in [-0.4, -0.2) is 27.1 Å². The predicted molar refractivity (Wildman–Crippen MR) is 91.4 cm³/mol. The van der Waals surface area contributed by atoms with Gasteiger partial charge in [-0.05, 0) is 12.8 Å². The van der Waals surface area contributed by atoms with Crippen LogP contribution in [0.15, 0.2) is 35.1 Å². The minimum absolute atomic E-state index is 0.0183. The topological polar surface area (TPSA) is 87.7 Å². The molecule has 1 aliphatic rings. The highest BCUT2D eigenvalue weighted by Gasteiger charge is 2.16. The van der Waals surface area contributed by atoms with Crippen LogP contribution in [0.4, 0.5) is 0 Å². The van der Waals surface area contributed by atoms with Gasteiger partial charge >= 0.3 is 0 Å². The Morgan fingerprint density at radius 2 is 1.88 bits per heavy atom. The molecule has 0 saturated heterocycles. The van der Waals surface area contributed by atoms with Crippen molar-refractivity contribution in [3.63, 3.8) is 0 Å². The lowest BCUT2D eigenvalue weighted by Crippen LogP contribution is -2.36. The number of hydrogen-bond acceptors (Lipinski definition) is 4. The average Bonchev–Trinajstić information content (AvgIpc) is 2.62. The number of amides is 1. The number of rotatable bonds is 5. The van der Waals surface area contributed by atoms with Crippen LogP contribution in [0.5, 0.6) is 0 Å². The molecule has 126 valence electrons. The Labute approximate surface area is 140 Å². The standard InChI is InChI=1S/C18H22N4O2/c23-16(19-14-9-5-2-6-10-14)12-11-15-18(24)20-17(22-21-15)13-7-3-1-4-8-13/h1,3-4,7-8,14H,2,5-6,9-12H2,(H,19,23)(H,20,22,24). The number of hydrogen-bond donors (Lipinski definition) is 2. The molecule has 1 fully saturated rings. The van der Waals surface area contributed by atoms with E-state index in [1.807, 2.05) is 30.3 Å². The van der Waals surface area contributed by atoms with Crippen LogP contribution in [0.2, 0.25) is 0 Å². The molecular formula is C18H22N4O2. The second-order valence-corrected chi connectivity index (χ2v) is 6.22. The first-order valence-electron chi connectivity index (χ1n) is 8.53. The fraction of sp³-hybridized carbons (Fsp3) is 0.444. The highest BCUT2D eigenvalue weighted by molar-refractivity contribution is 5.76. The van der Waals surface area contributed by atoms with Gasteiger partial charge in [-0.2, -0.15) is 0 Å². The van der Waals surface area contributed by atoms with Crippen LogP contribution < -0.4 is 10.9 Å². The van der Waals surface area contributed by atoms with Gasteiger partial charge in [0.2, 0.25) is 5.91 Å². The van der Waals surface area contributed by atoms with Crippen molar-refractivity contribution in [3.8, 4) is 11.4 Å². The van der Waals surface area contributed by atoms with Gasteiger partial charge in [0.25, 0.3) is 5.56 Å². The molecule has 1 aromatic carbocycles. The summed E-state index contributed by atoms with van der Waals surface area (Å²) < 4.78 is 0. The van der Waals surface area contributed by atoms with Crippen LogP contribution in [0.1, 0.15) is 44.2 Å². The molecule has 6 nitrogen and oxygen atoms in total. The third kappa shape index (κ3) is 4.28. The summed E-state index contributed by atoms with van der Waals surface area (Å²) in [5.41, 5.74) is 0.825.